The molecule has 2 aromatic rings. The minimum atomic E-state index is -0.0304. The van der Waals surface area contributed by atoms with Crippen molar-refractivity contribution in [3.8, 4) is 0 Å². The number of aryl methyl sites for hydroxylation is 1. The van der Waals surface area contributed by atoms with E-state index in [1.807, 2.05) is 19.1 Å². The summed E-state index contributed by atoms with van der Waals surface area (Å²) in [4.78, 5) is 0. The number of hydrogen-bond acceptors (Lipinski definition) is 2. The lowest BCUT2D eigenvalue weighted by molar-refractivity contribution is 0.510. The second kappa shape index (κ2) is 4.04. The first-order chi connectivity index (χ1) is 7.86. The summed E-state index contributed by atoms with van der Waals surface area (Å²) in [5, 5.41) is 1.75. The maximum atomic E-state index is 6.31. The van der Waals surface area contributed by atoms with Gasteiger partial charge in [0.25, 0.3) is 0 Å². The highest BCUT2D eigenvalue weighted by Gasteiger charge is 2.26. The van der Waals surface area contributed by atoms with E-state index in [0.29, 0.717) is 6.54 Å². The Bertz CT molecular complexity index is 564. The molecular formula is C14H18ClNO. The van der Waals surface area contributed by atoms with E-state index < -0.39 is 0 Å². The van der Waals surface area contributed by atoms with Gasteiger partial charge in [-0.15, -0.1) is 0 Å². The fourth-order valence-corrected chi connectivity index (χ4v) is 2.52. The minimum absolute atomic E-state index is 0.0304. The summed E-state index contributed by atoms with van der Waals surface area (Å²) >= 11 is 6.31. The average Bonchev–Trinajstić information content (AvgIpc) is 2.63. The van der Waals surface area contributed by atoms with Gasteiger partial charge in [0.15, 0.2) is 0 Å². The van der Waals surface area contributed by atoms with Crippen LogP contribution in [-0.4, -0.2) is 0 Å². The highest BCUT2D eigenvalue weighted by Crippen LogP contribution is 2.40. The van der Waals surface area contributed by atoms with Crippen molar-refractivity contribution in [3.63, 3.8) is 0 Å². The maximum absolute atomic E-state index is 6.31. The Kier molecular flexibility index (Phi) is 2.96. The molecule has 2 N–H and O–H groups in total. The molecule has 2 nitrogen and oxygen atoms in total. The molecule has 1 aromatic heterocycles. The lowest BCUT2D eigenvalue weighted by atomic mass is 9.84. The number of nitrogens with two attached hydrogens (primary N) is 1. The molecule has 0 spiro atoms. The maximum Gasteiger partial charge on any atom is 0.139 e. The third-order valence-corrected chi connectivity index (χ3v) is 3.31. The van der Waals surface area contributed by atoms with E-state index in [9.17, 15) is 0 Å². The molecule has 0 aliphatic carbocycles. The molecule has 0 fully saturated rings. The lowest BCUT2D eigenvalue weighted by Gasteiger charge is -2.19. The molecule has 0 amide bonds. The zero-order valence-corrected chi connectivity index (χ0v) is 11.5. The van der Waals surface area contributed by atoms with Crippen molar-refractivity contribution in [1.29, 1.82) is 0 Å². The van der Waals surface area contributed by atoms with Crippen LogP contribution in [-0.2, 0) is 12.0 Å². The van der Waals surface area contributed by atoms with Crippen LogP contribution in [0.25, 0.3) is 11.0 Å². The van der Waals surface area contributed by atoms with Gasteiger partial charge in [-0.25, -0.2) is 0 Å². The minimum Gasteiger partial charge on any atom is -0.459 e. The van der Waals surface area contributed by atoms with Crippen LogP contribution in [0.3, 0.4) is 0 Å². The van der Waals surface area contributed by atoms with Crippen molar-refractivity contribution >= 4 is 22.6 Å². The average molecular weight is 252 g/mol. The van der Waals surface area contributed by atoms with Gasteiger partial charge < -0.3 is 10.2 Å². The van der Waals surface area contributed by atoms with Crippen molar-refractivity contribution in [1.82, 2.24) is 0 Å². The van der Waals surface area contributed by atoms with Gasteiger partial charge in [-0.2, -0.15) is 0 Å². The van der Waals surface area contributed by atoms with E-state index in [-0.39, 0.29) is 5.41 Å². The molecule has 92 valence electrons. The van der Waals surface area contributed by atoms with Crippen LogP contribution >= 0.6 is 11.6 Å². The number of rotatable bonds is 1. The van der Waals surface area contributed by atoms with Crippen LogP contribution in [0, 0.1) is 6.92 Å². The van der Waals surface area contributed by atoms with Gasteiger partial charge in [-0.3, -0.25) is 0 Å². The molecule has 0 saturated carbocycles. The Labute approximate surface area is 107 Å². The Morgan fingerprint density at radius 2 is 1.94 bits per heavy atom. The van der Waals surface area contributed by atoms with E-state index >= 15 is 0 Å². The number of halogens is 1. The molecule has 2 rings (SSSR count). The quantitative estimate of drug-likeness (QED) is 0.827. The summed E-state index contributed by atoms with van der Waals surface area (Å²) in [6.45, 7) is 8.87. The summed E-state index contributed by atoms with van der Waals surface area (Å²) in [6, 6.07) is 3.89. The second-order valence-electron chi connectivity index (χ2n) is 5.42. The van der Waals surface area contributed by atoms with Crippen LogP contribution in [0.15, 0.2) is 16.5 Å². The summed E-state index contributed by atoms with van der Waals surface area (Å²) in [5.74, 6) is 0.837. The van der Waals surface area contributed by atoms with Crippen molar-refractivity contribution < 1.29 is 4.42 Å². The van der Waals surface area contributed by atoms with E-state index in [1.165, 1.54) is 0 Å². The normalized spacial score (nSPS) is 12.4. The standard InChI is InChI=1S/C14H18ClNO/c1-8-5-6-9(15)11-12(14(2,3)4)10(7-16)17-13(8)11/h5-6H,7,16H2,1-4H3. The summed E-state index contributed by atoms with van der Waals surface area (Å²) in [6.07, 6.45) is 0. The smallest absolute Gasteiger partial charge is 0.139 e. The van der Waals surface area contributed by atoms with Crippen LogP contribution in [0.1, 0.15) is 37.7 Å². The summed E-state index contributed by atoms with van der Waals surface area (Å²) < 4.78 is 5.88. The second-order valence-corrected chi connectivity index (χ2v) is 5.83. The van der Waals surface area contributed by atoms with E-state index in [1.54, 1.807) is 0 Å². The highest BCUT2D eigenvalue weighted by molar-refractivity contribution is 6.35. The Hall–Kier alpha value is -0.990. The third-order valence-electron chi connectivity index (χ3n) is 2.99. The van der Waals surface area contributed by atoms with Crippen molar-refractivity contribution in [3.05, 3.63) is 34.0 Å². The number of fused-ring (bicyclic) bond motifs is 1. The van der Waals surface area contributed by atoms with E-state index in [4.69, 9.17) is 21.8 Å². The molecule has 3 heteroatoms. The van der Waals surface area contributed by atoms with Crippen molar-refractivity contribution in [2.45, 2.75) is 39.7 Å². The zero-order valence-electron chi connectivity index (χ0n) is 10.7. The fraction of sp³-hybridized carbons (Fsp3) is 0.429. The van der Waals surface area contributed by atoms with E-state index in [2.05, 4.69) is 20.8 Å². The van der Waals surface area contributed by atoms with Crippen LogP contribution in [0.5, 0.6) is 0 Å². The first-order valence-corrected chi connectivity index (χ1v) is 6.15. The predicted octanol–water partition coefficient (Wildman–Crippen LogP) is 4.15. The Balaban J connectivity index is 2.93. The summed E-state index contributed by atoms with van der Waals surface area (Å²) in [7, 11) is 0. The van der Waals surface area contributed by atoms with Gasteiger partial charge in [0.2, 0.25) is 0 Å². The molecule has 17 heavy (non-hydrogen) atoms. The molecule has 1 aromatic carbocycles. The van der Waals surface area contributed by atoms with Crippen molar-refractivity contribution in [2.75, 3.05) is 0 Å². The highest BCUT2D eigenvalue weighted by atomic mass is 35.5. The largest absolute Gasteiger partial charge is 0.459 e. The SMILES string of the molecule is Cc1ccc(Cl)c2c(C(C)(C)C)c(CN)oc12. The molecule has 0 aliphatic rings. The molecule has 0 aliphatic heterocycles. The van der Waals surface area contributed by atoms with Crippen LogP contribution in [0.4, 0.5) is 0 Å². The third kappa shape index (κ3) is 1.96. The van der Waals surface area contributed by atoms with Gasteiger partial charge in [0, 0.05) is 10.9 Å². The van der Waals surface area contributed by atoms with Gasteiger partial charge in [0.05, 0.1) is 11.6 Å². The molecule has 0 atom stereocenters. The molecule has 1 heterocycles. The first-order valence-electron chi connectivity index (χ1n) is 5.77. The molecule has 0 radical (unpaired) electrons. The molecule has 0 saturated heterocycles. The predicted molar refractivity (Wildman–Crippen MR) is 72.6 cm³/mol. The van der Waals surface area contributed by atoms with Crippen LogP contribution < -0.4 is 5.73 Å². The van der Waals surface area contributed by atoms with Gasteiger partial charge >= 0.3 is 0 Å². The Morgan fingerprint density at radius 1 is 1.29 bits per heavy atom. The molecule has 0 unspecified atom stereocenters. The topological polar surface area (TPSA) is 39.2 Å². The molecular weight excluding hydrogens is 234 g/mol. The van der Waals surface area contributed by atoms with Gasteiger partial charge in [-0.1, -0.05) is 38.4 Å². The zero-order chi connectivity index (χ0) is 12.8. The van der Waals surface area contributed by atoms with E-state index in [0.717, 1.165) is 32.9 Å². The van der Waals surface area contributed by atoms with Crippen molar-refractivity contribution in [2.24, 2.45) is 5.73 Å². The monoisotopic (exact) mass is 251 g/mol. The summed E-state index contributed by atoms with van der Waals surface area (Å²) in [5.41, 5.74) is 8.83. The fourth-order valence-electron chi connectivity index (χ4n) is 2.28. The number of hydrogen-bond donors (Lipinski definition) is 1. The number of furan rings is 1. The first kappa shape index (κ1) is 12.5. The van der Waals surface area contributed by atoms with Gasteiger partial charge in [0.1, 0.15) is 11.3 Å². The number of benzene rings is 1. The Morgan fingerprint density at radius 3 is 2.47 bits per heavy atom. The van der Waals surface area contributed by atoms with Crippen LogP contribution in [0.2, 0.25) is 5.02 Å². The lowest BCUT2D eigenvalue weighted by Crippen LogP contribution is -2.14. The van der Waals surface area contributed by atoms with Gasteiger partial charge in [-0.05, 0) is 24.0 Å². The molecule has 0 bridgehead atoms.